The summed E-state index contributed by atoms with van der Waals surface area (Å²) in [5.74, 6) is 0.0715. The van der Waals surface area contributed by atoms with Crippen LogP contribution in [0.2, 0.25) is 0 Å². The van der Waals surface area contributed by atoms with Gasteiger partial charge in [0.05, 0.1) is 0 Å². The minimum Gasteiger partial charge on any atom is -0.351 e. The summed E-state index contributed by atoms with van der Waals surface area (Å²) in [5.41, 5.74) is 6.30. The van der Waals surface area contributed by atoms with Gasteiger partial charge in [-0.25, -0.2) is 4.79 Å². The van der Waals surface area contributed by atoms with Crippen LogP contribution in [0.5, 0.6) is 0 Å². The molecule has 2 rings (SSSR count). The number of hydrogen-bond donors (Lipinski definition) is 2. The Kier molecular flexibility index (Phi) is 4.61. The highest BCUT2D eigenvalue weighted by atomic mass is 16.2. The largest absolute Gasteiger partial charge is 0.351 e. The Morgan fingerprint density at radius 3 is 2.60 bits per heavy atom. The van der Waals surface area contributed by atoms with Crippen LogP contribution in [-0.4, -0.2) is 29.4 Å². The molecule has 20 heavy (non-hydrogen) atoms. The third kappa shape index (κ3) is 3.29. The third-order valence-electron chi connectivity index (χ3n) is 3.76. The molecule has 5 nitrogen and oxygen atoms in total. The summed E-state index contributed by atoms with van der Waals surface area (Å²) in [6.45, 7) is 2.95. The van der Waals surface area contributed by atoms with Crippen molar-refractivity contribution < 1.29 is 9.59 Å². The minimum absolute atomic E-state index is 0.0715. The minimum atomic E-state index is -0.605. The number of nitrogens with one attached hydrogen (secondary N) is 1. The second-order valence-electron chi connectivity index (χ2n) is 5.12. The fourth-order valence-corrected chi connectivity index (χ4v) is 2.70. The van der Waals surface area contributed by atoms with Gasteiger partial charge in [0.2, 0.25) is 0 Å². The van der Waals surface area contributed by atoms with Crippen molar-refractivity contribution in [3.8, 4) is 0 Å². The molecule has 0 unspecified atom stereocenters. The molecule has 1 aliphatic rings. The van der Waals surface area contributed by atoms with Crippen LogP contribution < -0.4 is 11.1 Å². The molecule has 1 atom stereocenters. The topological polar surface area (TPSA) is 75.4 Å². The molecule has 108 valence electrons. The quantitative estimate of drug-likeness (QED) is 0.889. The van der Waals surface area contributed by atoms with Gasteiger partial charge in [0.1, 0.15) is 0 Å². The molecule has 3 N–H and O–H groups in total. The number of primary amides is 1. The number of anilines is 1. The van der Waals surface area contributed by atoms with E-state index in [0.29, 0.717) is 17.3 Å². The highest BCUT2D eigenvalue weighted by Crippen LogP contribution is 2.22. The summed E-state index contributed by atoms with van der Waals surface area (Å²) >= 11 is 0. The van der Waals surface area contributed by atoms with Gasteiger partial charge < -0.3 is 16.0 Å². The van der Waals surface area contributed by atoms with E-state index in [1.807, 2.05) is 4.90 Å². The van der Waals surface area contributed by atoms with E-state index in [-0.39, 0.29) is 5.91 Å². The standard InChI is InChI=1S/C15H21N3O2/c1-2-13-5-3-4-10-18(13)14(19)11-6-8-12(9-7-11)17-15(16)20/h6-9,13H,2-5,10H2,1H3,(H3,16,17,20)/t13-/m1/s1. The van der Waals surface area contributed by atoms with Crippen LogP contribution >= 0.6 is 0 Å². The summed E-state index contributed by atoms with van der Waals surface area (Å²) in [4.78, 5) is 25.2. The Bertz CT molecular complexity index is 484. The van der Waals surface area contributed by atoms with Crippen LogP contribution in [0.4, 0.5) is 10.5 Å². The van der Waals surface area contributed by atoms with Crippen LogP contribution in [0.25, 0.3) is 0 Å². The molecule has 1 aromatic rings. The molecule has 0 bridgehead atoms. The Labute approximate surface area is 119 Å². The molecule has 3 amide bonds. The maximum Gasteiger partial charge on any atom is 0.316 e. The molecule has 0 aliphatic carbocycles. The number of benzene rings is 1. The molecule has 0 aromatic heterocycles. The molecule has 0 spiro atoms. The molecule has 5 heteroatoms. The molecule has 1 aliphatic heterocycles. The van der Waals surface area contributed by atoms with E-state index in [0.717, 1.165) is 25.8 Å². The lowest BCUT2D eigenvalue weighted by Crippen LogP contribution is -2.43. The zero-order chi connectivity index (χ0) is 14.5. The lowest BCUT2D eigenvalue weighted by Gasteiger charge is -2.35. The van der Waals surface area contributed by atoms with Gasteiger partial charge in [0.15, 0.2) is 0 Å². The fraction of sp³-hybridized carbons (Fsp3) is 0.467. The summed E-state index contributed by atoms with van der Waals surface area (Å²) in [5, 5.41) is 2.48. The number of rotatable bonds is 3. The van der Waals surface area contributed by atoms with E-state index >= 15 is 0 Å². The highest BCUT2D eigenvalue weighted by molar-refractivity contribution is 5.95. The van der Waals surface area contributed by atoms with Crippen molar-refractivity contribution in [1.82, 2.24) is 4.90 Å². The zero-order valence-electron chi connectivity index (χ0n) is 11.8. The van der Waals surface area contributed by atoms with E-state index in [1.165, 1.54) is 6.42 Å². The number of amides is 3. The van der Waals surface area contributed by atoms with Crippen molar-refractivity contribution >= 4 is 17.6 Å². The Morgan fingerprint density at radius 2 is 2.00 bits per heavy atom. The van der Waals surface area contributed by atoms with Crippen molar-refractivity contribution in [2.24, 2.45) is 5.73 Å². The second kappa shape index (κ2) is 6.41. The smallest absolute Gasteiger partial charge is 0.316 e. The highest BCUT2D eigenvalue weighted by Gasteiger charge is 2.25. The molecule has 1 saturated heterocycles. The van der Waals surface area contributed by atoms with E-state index in [9.17, 15) is 9.59 Å². The van der Waals surface area contributed by atoms with Crippen molar-refractivity contribution in [2.45, 2.75) is 38.6 Å². The number of likely N-dealkylation sites (tertiary alicyclic amines) is 1. The van der Waals surface area contributed by atoms with Crippen molar-refractivity contribution in [3.05, 3.63) is 29.8 Å². The first-order valence-corrected chi connectivity index (χ1v) is 7.09. The van der Waals surface area contributed by atoms with Crippen LogP contribution in [0, 0.1) is 0 Å². The Morgan fingerprint density at radius 1 is 1.30 bits per heavy atom. The van der Waals surface area contributed by atoms with Crippen molar-refractivity contribution in [2.75, 3.05) is 11.9 Å². The first-order valence-electron chi connectivity index (χ1n) is 7.09. The summed E-state index contributed by atoms with van der Waals surface area (Å²) in [6.07, 6.45) is 4.35. The molecular weight excluding hydrogens is 254 g/mol. The molecule has 0 saturated carbocycles. The predicted octanol–water partition coefficient (Wildman–Crippen LogP) is 2.58. The fourth-order valence-electron chi connectivity index (χ4n) is 2.70. The molecule has 0 radical (unpaired) electrons. The SMILES string of the molecule is CC[C@@H]1CCCCN1C(=O)c1ccc(NC(N)=O)cc1. The van der Waals surface area contributed by atoms with E-state index in [1.54, 1.807) is 24.3 Å². The van der Waals surface area contributed by atoms with Crippen LogP contribution in [0.3, 0.4) is 0 Å². The number of carbonyl (C=O) groups is 2. The van der Waals surface area contributed by atoms with Gasteiger partial charge in [-0.15, -0.1) is 0 Å². The van der Waals surface area contributed by atoms with Crippen molar-refractivity contribution in [3.63, 3.8) is 0 Å². The first kappa shape index (κ1) is 14.4. The van der Waals surface area contributed by atoms with Gasteiger partial charge in [0, 0.05) is 23.8 Å². The number of piperidine rings is 1. The molecule has 1 fully saturated rings. The lowest BCUT2D eigenvalue weighted by molar-refractivity contribution is 0.0608. The van der Waals surface area contributed by atoms with Gasteiger partial charge in [-0.2, -0.15) is 0 Å². The summed E-state index contributed by atoms with van der Waals surface area (Å²) in [6, 6.07) is 6.60. The number of carbonyl (C=O) groups excluding carboxylic acids is 2. The number of nitrogens with zero attached hydrogens (tertiary/aromatic N) is 1. The van der Waals surface area contributed by atoms with Gasteiger partial charge in [-0.05, 0) is 49.9 Å². The average Bonchev–Trinajstić information content (AvgIpc) is 2.46. The maximum atomic E-state index is 12.5. The number of nitrogens with two attached hydrogens (primary N) is 1. The van der Waals surface area contributed by atoms with Crippen LogP contribution in [-0.2, 0) is 0 Å². The van der Waals surface area contributed by atoms with E-state index < -0.39 is 6.03 Å². The molecule has 1 heterocycles. The van der Waals surface area contributed by atoms with E-state index in [2.05, 4.69) is 12.2 Å². The normalized spacial score (nSPS) is 18.6. The molecular formula is C15H21N3O2. The first-order chi connectivity index (χ1) is 9.61. The number of hydrogen-bond acceptors (Lipinski definition) is 2. The molecule has 1 aromatic carbocycles. The summed E-state index contributed by atoms with van der Waals surface area (Å²) < 4.78 is 0. The van der Waals surface area contributed by atoms with Gasteiger partial charge in [-0.3, -0.25) is 4.79 Å². The van der Waals surface area contributed by atoms with Gasteiger partial charge in [0.25, 0.3) is 5.91 Å². The third-order valence-corrected chi connectivity index (χ3v) is 3.76. The summed E-state index contributed by atoms with van der Waals surface area (Å²) in [7, 11) is 0. The van der Waals surface area contributed by atoms with Crippen LogP contribution in [0.15, 0.2) is 24.3 Å². The average molecular weight is 275 g/mol. The van der Waals surface area contributed by atoms with Crippen molar-refractivity contribution in [1.29, 1.82) is 0 Å². The maximum absolute atomic E-state index is 12.5. The monoisotopic (exact) mass is 275 g/mol. The Balaban J connectivity index is 2.09. The van der Waals surface area contributed by atoms with Gasteiger partial charge >= 0.3 is 6.03 Å². The lowest BCUT2D eigenvalue weighted by atomic mass is 9.99. The second-order valence-corrected chi connectivity index (χ2v) is 5.12. The number of urea groups is 1. The zero-order valence-corrected chi connectivity index (χ0v) is 11.8. The Hall–Kier alpha value is -2.04. The van der Waals surface area contributed by atoms with Crippen LogP contribution in [0.1, 0.15) is 43.0 Å². The van der Waals surface area contributed by atoms with Gasteiger partial charge in [-0.1, -0.05) is 6.92 Å². The van der Waals surface area contributed by atoms with E-state index in [4.69, 9.17) is 5.73 Å². The predicted molar refractivity (Wildman–Crippen MR) is 78.6 cm³/mol.